The first-order chi connectivity index (χ1) is 7.95. The summed E-state index contributed by atoms with van der Waals surface area (Å²) in [6.45, 7) is 1.82. The predicted octanol–water partition coefficient (Wildman–Crippen LogP) is 0.211. The molecule has 0 heterocycles. The van der Waals surface area contributed by atoms with Crippen LogP contribution >= 0.6 is 11.6 Å². The van der Waals surface area contributed by atoms with Gasteiger partial charge in [0, 0.05) is 19.0 Å². The largest absolute Gasteiger partial charge is 0.449 e. The number of amides is 1. The van der Waals surface area contributed by atoms with Crippen LogP contribution in [-0.4, -0.2) is 46.8 Å². The minimum atomic E-state index is -3.96. The molecular weight excluding hydrogens is 272 g/mol. The van der Waals surface area contributed by atoms with Crippen molar-refractivity contribution in [3.8, 4) is 0 Å². The molecule has 0 fully saturated rings. The number of halogens is 1. The second kappa shape index (κ2) is 8.51. The number of carbonyl (C=O) groups is 1. The molecule has 0 rings (SSSR count). The topological polar surface area (TPSA) is 93.7 Å². The number of ether oxygens (including phenoxy) is 2. The third-order valence-corrected chi connectivity index (χ3v) is 2.94. The van der Waals surface area contributed by atoms with Crippen LogP contribution in [0.25, 0.3) is 0 Å². The van der Waals surface area contributed by atoms with Gasteiger partial charge in [-0.1, -0.05) is 0 Å². The van der Waals surface area contributed by atoms with Crippen LogP contribution in [-0.2, 0) is 19.7 Å². The minimum Gasteiger partial charge on any atom is -0.449 e. The Balaban J connectivity index is 4.34. The number of hydrogen-bond donors (Lipinski definition) is 2. The molecule has 7 nitrogen and oxygen atoms in total. The zero-order valence-corrected chi connectivity index (χ0v) is 11.3. The molecule has 1 atom stereocenters. The summed E-state index contributed by atoms with van der Waals surface area (Å²) in [5.41, 5.74) is 0. The van der Waals surface area contributed by atoms with Crippen molar-refractivity contribution in [2.45, 2.75) is 19.4 Å². The zero-order chi connectivity index (χ0) is 13.3. The SMILES string of the molecule is CCOC(=O)NS(=O)(=O)NC(CCCl)COC. The quantitative estimate of drug-likeness (QED) is 0.623. The molecule has 0 bridgehead atoms. The van der Waals surface area contributed by atoms with Gasteiger partial charge in [-0.05, 0) is 13.3 Å². The monoisotopic (exact) mass is 288 g/mol. The maximum Gasteiger partial charge on any atom is 0.421 e. The average Bonchev–Trinajstić information content (AvgIpc) is 2.16. The Morgan fingerprint density at radius 1 is 1.47 bits per heavy atom. The van der Waals surface area contributed by atoms with Gasteiger partial charge in [-0.3, -0.25) is 0 Å². The Labute approximate surface area is 106 Å². The van der Waals surface area contributed by atoms with Crippen molar-refractivity contribution in [1.29, 1.82) is 0 Å². The summed E-state index contributed by atoms with van der Waals surface area (Å²) in [5, 5.41) is 0. The highest BCUT2D eigenvalue weighted by Gasteiger charge is 2.20. The van der Waals surface area contributed by atoms with Gasteiger partial charge in [0.25, 0.3) is 0 Å². The van der Waals surface area contributed by atoms with E-state index in [9.17, 15) is 13.2 Å². The molecule has 0 aliphatic rings. The van der Waals surface area contributed by atoms with E-state index >= 15 is 0 Å². The van der Waals surface area contributed by atoms with Crippen molar-refractivity contribution in [2.24, 2.45) is 0 Å². The Kier molecular flexibility index (Phi) is 8.23. The highest BCUT2D eigenvalue weighted by atomic mass is 35.5. The molecule has 0 radical (unpaired) electrons. The van der Waals surface area contributed by atoms with Crippen LogP contribution in [0.3, 0.4) is 0 Å². The zero-order valence-electron chi connectivity index (χ0n) is 9.73. The van der Waals surface area contributed by atoms with Crippen molar-refractivity contribution in [1.82, 2.24) is 9.44 Å². The molecule has 0 aromatic rings. The van der Waals surface area contributed by atoms with Crippen molar-refractivity contribution in [3.05, 3.63) is 0 Å². The van der Waals surface area contributed by atoms with Gasteiger partial charge in [0.2, 0.25) is 0 Å². The first-order valence-electron chi connectivity index (χ1n) is 4.96. The van der Waals surface area contributed by atoms with Gasteiger partial charge in [0.15, 0.2) is 0 Å². The molecule has 0 aliphatic carbocycles. The van der Waals surface area contributed by atoms with Gasteiger partial charge in [0.05, 0.1) is 13.2 Å². The first kappa shape index (κ1) is 16.4. The third kappa shape index (κ3) is 8.19. The summed E-state index contributed by atoms with van der Waals surface area (Å²) in [6.07, 6.45) is -0.638. The number of rotatable bonds is 8. The lowest BCUT2D eigenvalue weighted by Crippen LogP contribution is -2.47. The molecule has 0 spiro atoms. The van der Waals surface area contributed by atoms with E-state index in [0.29, 0.717) is 6.42 Å². The Morgan fingerprint density at radius 3 is 2.59 bits per heavy atom. The summed E-state index contributed by atoms with van der Waals surface area (Å²) in [7, 11) is -2.52. The van der Waals surface area contributed by atoms with E-state index in [2.05, 4.69) is 9.46 Å². The van der Waals surface area contributed by atoms with Crippen LogP contribution in [0.1, 0.15) is 13.3 Å². The number of hydrogen-bond acceptors (Lipinski definition) is 5. The van der Waals surface area contributed by atoms with E-state index in [4.69, 9.17) is 16.3 Å². The van der Waals surface area contributed by atoms with Crippen LogP contribution in [0.15, 0.2) is 0 Å². The van der Waals surface area contributed by atoms with Crippen molar-refractivity contribution in [3.63, 3.8) is 0 Å². The van der Waals surface area contributed by atoms with Gasteiger partial charge in [-0.25, -0.2) is 9.52 Å². The van der Waals surface area contributed by atoms with Crippen LogP contribution < -0.4 is 9.44 Å². The maximum absolute atomic E-state index is 11.5. The number of methoxy groups -OCH3 is 1. The normalized spacial score (nSPS) is 13.1. The molecule has 2 N–H and O–H groups in total. The average molecular weight is 289 g/mol. The fourth-order valence-corrected chi connectivity index (χ4v) is 2.25. The van der Waals surface area contributed by atoms with E-state index in [1.54, 1.807) is 11.6 Å². The van der Waals surface area contributed by atoms with Gasteiger partial charge in [-0.2, -0.15) is 13.1 Å². The Bertz CT molecular complexity index is 316. The lowest BCUT2D eigenvalue weighted by molar-refractivity contribution is 0.157. The number of nitrogens with one attached hydrogen (secondary N) is 2. The highest BCUT2D eigenvalue weighted by Crippen LogP contribution is 1.97. The molecule has 102 valence electrons. The third-order valence-electron chi connectivity index (χ3n) is 1.64. The van der Waals surface area contributed by atoms with E-state index < -0.39 is 22.3 Å². The van der Waals surface area contributed by atoms with Crippen molar-refractivity contribution >= 4 is 27.9 Å². The summed E-state index contributed by atoms with van der Waals surface area (Å²) >= 11 is 5.51. The molecule has 17 heavy (non-hydrogen) atoms. The van der Waals surface area contributed by atoms with Crippen LogP contribution in [0, 0.1) is 0 Å². The highest BCUT2D eigenvalue weighted by molar-refractivity contribution is 7.88. The molecule has 9 heteroatoms. The second-order valence-electron chi connectivity index (χ2n) is 3.07. The second-order valence-corrected chi connectivity index (χ2v) is 4.90. The van der Waals surface area contributed by atoms with Gasteiger partial charge in [0.1, 0.15) is 0 Å². The lowest BCUT2D eigenvalue weighted by Gasteiger charge is -2.16. The van der Waals surface area contributed by atoms with E-state index in [-0.39, 0.29) is 19.1 Å². The van der Waals surface area contributed by atoms with E-state index in [1.807, 2.05) is 0 Å². The van der Waals surface area contributed by atoms with Gasteiger partial charge < -0.3 is 9.47 Å². The first-order valence-corrected chi connectivity index (χ1v) is 6.98. The number of carbonyl (C=O) groups excluding carboxylic acids is 1. The molecule has 0 aromatic carbocycles. The summed E-state index contributed by atoms with van der Waals surface area (Å²) in [5.74, 6) is 0.274. The van der Waals surface area contributed by atoms with E-state index in [1.165, 1.54) is 7.11 Å². The molecule has 0 saturated carbocycles. The molecule has 1 unspecified atom stereocenters. The van der Waals surface area contributed by atoms with Crippen LogP contribution in [0.5, 0.6) is 0 Å². The molecular formula is C8H17ClN2O5S. The lowest BCUT2D eigenvalue weighted by atomic mass is 10.3. The Hall–Kier alpha value is -0.570. The molecule has 0 aliphatic heterocycles. The van der Waals surface area contributed by atoms with Gasteiger partial charge >= 0.3 is 16.3 Å². The smallest absolute Gasteiger partial charge is 0.421 e. The van der Waals surface area contributed by atoms with Crippen LogP contribution in [0.4, 0.5) is 4.79 Å². The Morgan fingerprint density at radius 2 is 2.12 bits per heavy atom. The summed E-state index contributed by atoms with van der Waals surface area (Å²) in [4.78, 5) is 10.9. The summed E-state index contributed by atoms with van der Waals surface area (Å²) in [6, 6.07) is -0.496. The number of alkyl halides is 1. The fourth-order valence-electron chi connectivity index (χ4n) is 1.03. The van der Waals surface area contributed by atoms with Crippen molar-refractivity contribution in [2.75, 3.05) is 26.2 Å². The molecule has 0 aromatic heterocycles. The predicted molar refractivity (Wildman–Crippen MR) is 63.2 cm³/mol. The standard InChI is InChI=1S/C8H17ClN2O5S/c1-3-16-8(12)11-17(13,14)10-7(4-5-9)6-15-2/h7,10H,3-6H2,1-2H3,(H,11,12). The molecule has 1 amide bonds. The minimum absolute atomic E-state index is 0.0878. The van der Waals surface area contributed by atoms with E-state index in [0.717, 1.165) is 0 Å². The maximum atomic E-state index is 11.5. The molecule has 0 saturated heterocycles. The fraction of sp³-hybridized carbons (Fsp3) is 0.875. The van der Waals surface area contributed by atoms with Gasteiger partial charge in [-0.15, -0.1) is 11.6 Å². The van der Waals surface area contributed by atoms with Crippen molar-refractivity contribution < 1.29 is 22.7 Å². The summed E-state index contributed by atoms with van der Waals surface area (Å²) < 4.78 is 36.1. The van der Waals surface area contributed by atoms with Crippen LogP contribution in [0.2, 0.25) is 0 Å².